The molecule has 17 heavy (non-hydrogen) atoms. The van der Waals surface area contributed by atoms with Crippen LogP contribution in [0.15, 0.2) is 21.8 Å². The summed E-state index contributed by atoms with van der Waals surface area (Å²) in [6, 6.07) is 0. The first-order chi connectivity index (χ1) is 8.11. The summed E-state index contributed by atoms with van der Waals surface area (Å²) >= 11 is 3.19. The molecule has 96 valence electrons. The minimum absolute atomic E-state index is 0.00450. The third-order valence-corrected chi connectivity index (χ3v) is 2.96. The van der Waals surface area contributed by atoms with Gasteiger partial charge in [0.05, 0.1) is 6.33 Å². The molecule has 0 amide bonds. The van der Waals surface area contributed by atoms with Crippen LogP contribution >= 0.6 is 15.9 Å². The van der Waals surface area contributed by atoms with Crippen molar-refractivity contribution in [2.24, 2.45) is 5.92 Å². The summed E-state index contributed by atoms with van der Waals surface area (Å²) in [5.74, 6) is 0.687. The lowest BCUT2D eigenvalue weighted by Gasteiger charge is -2.08. The zero-order valence-electron chi connectivity index (χ0n) is 10.4. The molecule has 1 rings (SSSR count). The molecule has 4 nitrogen and oxygen atoms in total. The summed E-state index contributed by atoms with van der Waals surface area (Å²) in [4.78, 5) is 15.6. The van der Waals surface area contributed by atoms with Crippen LogP contribution in [0.4, 0.5) is 0 Å². The number of rotatable bonds is 7. The number of halogens is 1. The van der Waals surface area contributed by atoms with Crippen molar-refractivity contribution in [1.29, 1.82) is 0 Å². The van der Waals surface area contributed by atoms with Gasteiger partial charge < -0.3 is 5.32 Å². The monoisotopic (exact) mass is 301 g/mol. The highest BCUT2D eigenvalue weighted by Gasteiger charge is 2.00. The topological polar surface area (TPSA) is 46.9 Å². The molecule has 0 aliphatic carbocycles. The van der Waals surface area contributed by atoms with Gasteiger partial charge in [-0.2, -0.15) is 0 Å². The van der Waals surface area contributed by atoms with Crippen LogP contribution in [0.3, 0.4) is 0 Å². The van der Waals surface area contributed by atoms with Gasteiger partial charge in [-0.25, -0.2) is 4.98 Å². The van der Waals surface area contributed by atoms with Gasteiger partial charge >= 0.3 is 0 Å². The standard InChI is InChI=1S/C12H20BrN3O/c1-10(2)7-14-5-3-4-6-16-9-15-8-11(13)12(16)17/h8-10,14H,3-7H2,1-2H3. The zero-order chi connectivity index (χ0) is 12.7. The van der Waals surface area contributed by atoms with E-state index in [1.54, 1.807) is 10.9 Å². The van der Waals surface area contributed by atoms with Crippen LogP contribution in [-0.4, -0.2) is 22.6 Å². The van der Waals surface area contributed by atoms with Crippen molar-refractivity contribution in [3.05, 3.63) is 27.4 Å². The molecule has 1 heterocycles. The Kier molecular flexibility index (Phi) is 6.44. The second-order valence-corrected chi connectivity index (χ2v) is 5.40. The number of aromatic nitrogens is 2. The van der Waals surface area contributed by atoms with Crippen LogP contribution in [0.25, 0.3) is 0 Å². The number of hydrogen-bond donors (Lipinski definition) is 1. The molecule has 0 radical (unpaired) electrons. The predicted molar refractivity (Wildman–Crippen MR) is 73.1 cm³/mol. The molecule has 0 spiro atoms. The smallest absolute Gasteiger partial charge is 0.267 e. The van der Waals surface area contributed by atoms with Crippen molar-refractivity contribution in [2.75, 3.05) is 13.1 Å². The molecular formula is C12H20BrN3O. The van der Waals surface area contributed by atoms with Gasteiger partial charge in [0.15, 0.2) is 0 Å². The number of nitrogens with zero attached hydrogens (tertiary/aromatic N) is 2. The van der Waals surface area contributed by atoms with Crippen LogP contribution in [0, 0.1) is 5.92 Å². The maximum atomic E-state index is 11.6. The molecule has 0 aliphatic rings. The first kappa shape index (κ1) is 14.4. The number of nitrogens with one attached hydrogen (secondary N) is 1. The van der Waals surface area contributed by atoms with E-state index in [0.29, 0.717) is 10.4 Å². The van der Waals surface area contributed by atoms with E-state index in [1.807, 2.05) is 0 Å². The Balaban J connectivity index is 2.23. The molecule has 0 bridgehead atoms. The van der Waals surface area contributed by atoms with E-state index in [-0.39, 0.29) is 5.56 Å². The van der Waals surface area contributed by atoms with Gasteiger partial charge in [0.25, 0.3) is 5.56 Å². The fourth-order valence-electron chi connectivity index (χ4n) is 1.51. The van der Waals surface area contributed by atoms with Crippen molar-refractivity contribution in [1.82, 2.24) is 14.9 Å². The van der Waals surface area contributed by atoms with Gasteiger partial charge in [0.2, 0.25) is 0 Å². The molecule has 1 aromatic rings. The first-order valence-corrected chi connectivity index (χ1v) is 6.81. The molecule has 0 aliphatic heterocycles. The fraction of sp³-hybridized carbons (Fsp3) is 0.667. The third kappa shape index (κ3) is 5.46. The van der Waals surface area contributed by atoms with Crippen molar-refractivity contribution < 1.29 is 0 Å². The third-order valence-electron chi connectivity index (χ3n) is 2.41. The summed E-state index contributed by atoms with van der Waals surface area (Å²) in [6.07, 6.45) is 5.19. The average Bonchev–Trinajstić information content (AvgIpc) is 2.28. The highest BCUT2D eigenvalue weighted by atomic mass is 79.9. The van der Waals surface area contributed by atoms with Crippen molar-refractivity contribution in [3.63, 3.8) is 0 Å². The van der Waals surface area contributed by atoms with E-state index >= 15 is 0 Å². The first-order valence-electron chi connectivity index (χ1n) is 6.02. The van der Waals surface area contributed by atoms with Crippen LogP contribution < -0.4 is 10.9 Å². The molecule has 0 saturated heterocycles. The van der Waals surface area contributed by atoms with E-state index in [2.05, 4.69) is 40.1 Å². The SMILES string of the molecule is CC(C)CNCCCCn1cncc(Br)c1=O. The van der Waals surface area contributed by atoms with Gasteiger partial charge in [-0.3, -0.25) is 9.36 Å². The van der Waals surface area contributed by atoms with Gasteiger partial charge in [0.1, 0.15) is 4.47 Å². The number of aryl methyl sites for hydroxylation is 1. The molecule has 5 heteroatoms. The van der Waals surface area contributed by atoms with Crippen LogP contribution in [0.5, 0.6) is 0 Å². The number of hydrogen-bond acceptors (Lipinski definition) is 3. The quantitative estimate of drug-likeness (QED) is 0.784. The lowest BCUT2D eigenvalue weighted by Crippen LogP contribution is -2.23. The van der Waals surface area contributed by atoms with Crippen molar-refractivity contribution in [3.8, 4) is 0 Å². The van der Waals surface area contributed by atoms with Gasteiger partial charge in [-0.1, -0.05) is 13.8 Å². The predicted octanol–water partition coefficient (Wildman–Crippen LogP) is 2.03. The van der Waals surface area contributed by atoms with Gasteiger partial charge in [0, 0.05) is 12.7 Å². The van der Waals surface area contributed by atoms with E-state index < -0.39 is 0 Å². The Morgan fingerprint density at radius 1 is 1.47 bits per heavy atom. The Hall–Kier alpha value is -0.680. The second kappa shape index (κ2) is 7.61. The number of unbranched alkanes of at least 4 members (excludes halogenated alkanes) is 1. The minimum Gasteiger partial charge on any atom is -0.316 e. The highest BCUT2D eigenvalue weighted by Crippen LogP contribution is 1.99. The van der Waals surface area contributed by atoms with Crippen LogP contribution in [-0.2, 0) is 6.54 Å². The van der Waals surface area contributed by atoms with E-state index in [1.165, 1.54) is 6.20 Å². The normalized spacial score (nSPS) is 11.1. The summed E-state index contributed by atoms with van der Waals surface area (Å²) in [5, 5.41) is 3.38. The molecule has 0 saturated carbocycles. The Labute approximate surface area is 111 Å². The molecule has 0 unspecified atom stereocenters. The summed E-state index contributed by atoms with van der Waals surface area (Å²) < 4.78 is 2.17. The zero-order valence-corrected chi connectivity index (χ0v) is 12.0. The largest absolute Gasteiger partial charge is 0.316 e. The summed E-state index contributed by atoms with van der Waals surface area (Å²) in [7, 11) is 0. The Bertz CT molecular complexity index is 390. The Morgan fingerprint density at radius 2 is 2.24 bits per heavy atom. The second-order valence-electron chi connectivity index (χ2n) is 4.55. The van der Waals surface area contributed by atoms with E-state index in [9.17, 15) is 4.79 Å². The fourth-order valence-corrected chi connectivity index (χ4v) is 1.85. The molecule has 1 N–H and O–H groups in total. The maximum Gasteiger partial charge on any atom is 0.267 e. The van der Waals surface area contributed by atoms with Crippen molar-refractivity contribution >= 4 is 15.9 Å². The van der Waals surface area contributed by atoms with Gasteiger partial charge in [-0.15, -0.1) is 0 Å². The maximum absolute atomic E-state index is 11.6. The van der Waals surface area contributed by atoms with E-state index in [0.717, 1.165) is 32.5 Å². The highest BCUT2D eigenvalue weighted by molar-refractivity contribution is 9.10. The molecule has 1 aromatic heterocycles. The van der Waals surface area contributed by atoms with Crippen molar-refractivity contribution in [2.45, 2.75) is 33.2 Å². The Morgan fingerprint density at radius 3 is 2.94 bits per heavy atom. The molecular weight excluding hydrogens is 282 g/mol. The molecule has 0 atom stereocenters. The lowest BCUT2D eigenvalue weighted by molar-refractivity contribution is 0.514. The average molecular weight is 302 g/mol. The minimum atomic E-state index is -0.00450. The van der Waals surface area contributed by atoms with Crippen LogP contribution in [0.2, 0.25) is 0 Å². The van der Waals surface area contributed by atoms with Gasteiger partial charge in [-0.05, 0) is 47.8 Å². The van der Waals surface area contributed by atoms with E-state index in [4.69, 9.17) is 0 Å². The summed E-state index contributed by atoms with van der Waals surface area (Å²) in [6.45, 7) is 7.18. The lowest BCUT2D eigenvalue weighted by atomic mass is 10.2. The summed E-state index contributed by atoms with van der Waals surface area (Å²) in [5.41, 5.74) is -0.00450. The molecule has 0 fully saturated rings. The molecule has 0 aromatic carbocycles. The van der Waals surface area contributed by atoms with Crippen LogP contribution in [0.1, 0.15) is 26.7 Å².